The molecular weight excluding hydrogens is 483 g/mol. The summed E-state index contributed by atoms with van der Waals surface area (Å²) in [5.74, 6) is 0.811. The Bertz CT molecular complexity index is 1150. The number of rotatable bonds is 9. The maximum absolute atomic E-state index is 13.2. The fourth-order valence-electron chi connectivity index (χ4n) is 3.27. The normalized spacial score (nSPS) is 10.8. The lowest BCUT2D eigenvalue weighted by molar-refractivity contribution is -0.118. The van der Waals surface area contributed by atoms with Crippen molar-refractivity contribution < 1.29 is 4.79 Å². The van der Waals surface area contributed by atoms with Gasteiger partial charge >= 0.3 is 0 Å². The lowest BCUT2D eigenvalue weighted by Crippen LogP contribution is -2.32. The standard InChI is InChI=1S/C23H23ClN4OS2.ClH/c1-17-4-2-5-20-22(17)26-23(31-20)28(13-3-12-27-14-11-25-16-27)21(29)10-15-30-19-8-6-18(24)7-9-19;/h2,4-9,11,14,16H,3,10,12-13,15H2,1H3;1H. The summed E-state index contributed by atoms with van der Waals surface area (Å²) in [6.45, 7) is 3.49. The number of benzene rings is 2. The highest BCUT2D eigenvalue weighted by Gasteiger charge is 2.20. The van der Waals surface area contributed by atoms with Crippen LogP contribution in [0.3, 0.4) is 0 Å². The number of hydrogen-bond donors (Lipinski definition) is 0. The number of carbonyl (C=O) groups is 1. The summed E-state index contributed by atoms with van der Waals surface area (Å²) >= 11 is 9.20. The van der Waals surface area contributed by atoms with Crippen LogP contribution < -0.4 is 4.90 Å². The molecule has 0 unspecified atom stereocenters. The van der Waals surface area contributed by atoms with Crippen molar-refractivity contribution in [2.24, 2.45) is 0 Å². The molecule has 2 aromatic carbocycles. The minimum absolute atomic E-state index is 0. The monoisotopic (exact) mass is 506 g/mol. The van der Waals surface area contributed by atoms with Gasteiger partial charge in [0.2, 0.25) is 5.91 Å². The van der Waals surface area contributed by atoms with Crippen LogP contribution in [0, 0.1) is 6.92 Å². The number of nitrogens with zero attached hydrogens (tertiary/aromatic N) is 4. The molecule has 0 bridgehead atoms. The van der Waals surface area contributed by atoms with Gasteiger partial charge in [-0.1, -0.05) is 35.1 Å². The Hall–Kier alpha value is -2.06. The Morgan fingerprint density at radius 1 is 1.22 bits per heavy atom. The molecule has 168 valence electrons. The molecule has 4 aromatic rings. The molecule has 0 fully saturated rings. The van der Waals surface area contributed by atoms with E-state index in [1.54, 1.807) is 35.6 Å². The smallest absolute Gasteiger partial charge is 0.229 e. The molecular formula is C23H24Cl2N4OS2. The highest BCUT2D eigenvalue weighted by Crippen LogP contribution is 2.31. The van der Waals surface area contributed by atoms with E-state index in [9.17, 15) is 4.79 Å². The second kappa shape index (κ2) is 11.7. The minimum atomic E-state index is 0. The molecule has 0 aliphatic rings. The maximum atomic E-state index is 13.2. The second-order valence-electron chi connectivity index (χ2n) is 7.17. The summed E-state index contributed by atoms with van der Waals surface area (Å²) < 4.78 is 3.14. The summed E-state index contributed by atoms with van der Waals surface area (Å²) in [6, 6.07) is 13.9. The van der Waals surface area contributed by atoms with Crippen molar-refractivity contribution in [3.8, 4) is 0 Å². The van der Waals surface area contributed by atoms with Crippen LogP contribution in [0.1, 0.15) is 18.4 Å². The largest absolute Gasteiger partial charge is 0.337 e. The van der Waals surface area contributed by atoms with Crippen LogP contribution in [0.4, 0.5) is 5.13 Å². The number of para-hydroxylation sites is 1. The van der Waals surface area contributed by atoms with E-state index in [4.69, 9.17) is 16.6 Å². The minimum Gasteiger partial charge on any atom is -0.337 e. The van der Waals surface area contributed by atoms with Gasteiger partial charge in [0.15, 0.2) is 5.13 Å². The third-order valence-electron chi connectivity index (χ3n) is 4.90. The summed E-state index contributed by atoms with van der Waals surface area (Å²) in [5.41, 5.74) is 2.11. The van der Waals surface area contributed by atoms with Crippen molar-refractivity contribution in [3.05, 3.63) is 71.8 Å². The van der Waals surface area contributed by atoms with Crippen LogP contribution in [-0.2, 0) is 11.3 Å². The molecule has 5 nitrogen and oxygen atoms in total. The van der Waals surface area contributed by atoms with Gasteiger partial charge in [0, 0.05) is 47.6 Å². The first kappa shape index (κ1) is 24.6. The van der Waals surface area contributed by atoms with Gasteiger partial charge in [0.1, 0.15) is 0 Å². The van der Waals surface area contributed by atoms with Crippen LogP contribution in [-0.4, -0.2) is 32.7 Å². The topological polar surface area (TPSA) is 51.0 Å². The molecule has 0 spiro atoms. The Labute approximate surface area is 207 Å². The fourth-order valence-corrected chi connectivity index (χ4v) is 5.32. The Morgan fingerprint density at radius 3 is 2.75 bits per heavy atom. The maximum Gasteiger partial charge on any atom is 0.229 e. The van der Waals surface area contributed by atoms with Crippen molar-refractivity contribution in [1.29, 1.82) is 0 Å². The van der Waals surface area contributed by atoms with E-state index in [0.717, 1.165) is 43.8 Å². The van der Waals surface area contributed by atoms with Crippen molar-refractivity contribution >= 4 is 68.4 Å². The number of halogens is 2. The van der Waals surface area contributed by atoms with Crippen LogP contribution >= 0.6 is 47.1 Å². The van der Waals surface area contributed by atoms with E-state index in [2.05, 4.69) is 24.0 Å². The number of thiazole rings is 1. The average Bonchev–Trinajstić information content (AvgIpc) is 3.43. The van der Waals surface area contributed by atoms with E-state index in [0.29, 0.717) is 18.7 Å². The van der Waals surface area contributed by atoms with Crippen LogP contribution in [0.5, 0.6) is 0 Å². The van der Waals surface area contributed by atoms with E-state index in [1.165, 1.54) is 0 Å². The molecule has 4 rings (SSSR count). The SMILES string of the molecule is Cc1cccc2sc(N(CCCn3ccnc3)C(=O)CCSc3ccc(Cl)cc3)nc12.Cl. The molecule has 0 saturated carbocycles. The third-order valence-corrected chi connectivity index (χ3v) is 7.21. The van der Waals surface area contributed by atoms with E-state index in [-0.39, 0.29) is 18.3 Å². The number of thioether (sulfide) groups is 1. The number of aryl methyl sites for hydroxylation is 2. The predicted octanol–water partition coefficient (Wildman–Crippen LogP) is 6.48. The lowest BCUT2D eigenvalue weighted by atomic mass is 10.2. The van der Waals surface area contributed by atoms with Gasteiger partial charge in [-0.2, -0.15) is 0 Å². The molecule has 0 N–H and O–H groups in total. The zero-order valence-corrected chi connectivity index (χ0v) is 20.8. The number of hydrogen-bond acceptors (Lipinski definition) is 5. The third kappa shape index (κ3) is 6.25. The zero-order chi connectivity index (χ0) is 21.6. The van der Waals surface area contributed by atoms with Crippen molar-refractivity contribution in [2.45, 2.75) is 31.2 Å². The highest BCUT2D eigenvalue weighted by molar-refractivity contribution is 7.99. The Kier molecular flexibility index (Phi) is 8.99. The Balaban J connectivity index is 0.00000289. The fraction of sp³-hybridized carbons (Fsp3) is 0.261. The molecule has 32 heavy (non-hydrogen) atoms. The van der Waals surface area contributed by atoms with Crippen LogP contribution in [0.15, 0.2) is 66.1 Å². The molecule has 0 saturated heterocycles. The number of anilines is 1. The van der Waals surface area contributed by atoms with Crippen LogP contribution in [0.25, 0.3) is 10.2 Å². The summed E-state index contributed by atoms with van der Waals surface area (Å²) in [4.78, 5) is 25.0. The lowest BCUT2D eigenvalue weighted by Gasteiger charge is -2.20. The summed E-state index contributed by atoms with van der Waals surface area (Å²) in [6.07, 6.45) is 6.80. The van der Waals surface area contributed by atoms with E-state index >= 15 is 0 Å². The van der Waals surface area contributed by atoms with Gasteiger partial charge in [0.05, 0.1) is 16.5 Å². The molecule has 2 heterocycles. The van der Waals surface area contributed by atoms with Gasteiger partial charge < -0.3 is 4.57 Å². The number of amides is 1. The van der Waals surface area contributed by atoms with Gasteiger partial charge in [0.25, 0.3) is 0 Å². The zero-order valence-electron chi connectivity index (χ0n) is 17.6. The molecule has 0 radical (unpaired) electrons. The Morgan fingerprint density at radius 2 is 2.03 bits per heavy atom. The molecule has 0 aliphatic heterocycles. The highest BCUT2D eigenvalue weighted by atomic mass is 35.5. The first-order chi connectivity index (χ1) is 15.1. The molecule has 0 aliphatic carbocycles. The average molecular weight is 508 g/mol. The summed E-state index contributed by atoms with van der Waals surface area (Å²) in [7, 11) is 0. The van der Waals surface area contributed by atoms with Gasteiger partial charge in [-0.15, -0.1) is 24.2 Å². The van der Waals surface area contributed by atoms with Crippen LogP contribution in [0.2, 0.25) is 5.02 Å². The number of carbonyl (C=O) groups excluding carboxylic acids is 1. The first-order valence-corrected chi connectivity index (χ1v) is 12.3. The quantitative estimate of drug-likeness (QED) is 0.243. The number of imidazole rings is 1. The van der Waals surface area contributed by atoms with Gasteiger partial charge in [-0.25, -0.2) is 9.97 Å². The van der Waals surface area contributed by atoms with Gasteiger partial charge in [-0.05, 0) is 49.2 Å². The molecule has 1 amide bonds. The molecule has 0 atom stereocenters. The first-order valence-electron chi connectivity index (χ1n) is 10.1. The predicted molar refractivity (Wildman–Crippen MR) is 138 cm³/mol. The number of aromatic nitrogens is 3. The van der Waals surface area contributed by atoms with E-state index in [1.807, 2.05) is 46.0 Å². The molecule has 9 heteroatoms. The van der Waals surface area contributed by atoms with Crippen molar-refractivity contribution in [2.75, 3.05) is 17.2 Å². The van der Waals surface area contributed by atoms with Crippen molar-refractivity contribution in [3.63, 3.8) is 0 Å². The van der Waals surface area contributed by atoms with E-state index < -0.39 is 0 Å². The summed E-state index contributed by atoms with van der Waals surface area (Å²) in [5, 5.41) is 1.49. The van der Waals surface area contributed by atoms with Gasteiger partial charge in [-0.3, -0.25) is 9.69 Å². The second-order valence-corrected chi connectivity index (χ2v) is 9.78. The number of fused-ring (bicyclic) bond motifs is 1. The molecule has 2 aromatic heterocycles. The van der Waals surface area contributed by atoms with Crippen molar-refractivity contribution in [1.82, 2.24) is 14.5 Å².